The zero-order chi connectivity index (χ0) is 15.5. The minimum absolute atomic E-state index is 0.0909. The highest BCUT2D eigenvalue weighted by atomic mass is 35.6. The van der Waals surface area contributed by atoms with Gasteiger partial charge in [-0.2, -0.15) is 8.42 Å². The molecular formula is C11H12Cl3N3O3S. The number of alkyl halides is 3. The Hall–Kier alpha value is -0.730. The molecule has 1 heterocycles. The summed E-state index contributed by atoms with van der Waals surface area (Å²) in [5, 5.41) is 2.94. The van der Waals surface area contributed by atoms with Crippen molar-refractivity contribution in [2.75, 3.05) is 13.2 Å². The summed E-state index contributed by atoms with van der Waals surface area (Å²) < 4.78 is 28.2. The molecule has 0 spiro atoms. The van der Waals surface area contributed by atoms with Gasteiger partial charge in [-0.3, -0.25) is 0 Å². The Morgan fingerprint density at radius 2 is 2.00 bits per heavy atom. The fourth-order valence-corrected chi connectivity index (χ4v) is 2.78. The fraction of sp³-hybridized carbons (Fsp3) is 0.364. The summed E-state index contributed by atoms with van der Waals surface area (Å²) in [6.45, 7) is -0.186. The maximum atomic E-state index is 11.6. The van der Waals surface area contributed by atoms with Crippen LogP contribution in [0.2, 0.25) is 0 Å². The van der Waals surface area contributed by atoms with Gasteiger partial charge in [-0.25, -0.2) is 13.9 Å². The topological polar surface area (TPSA) is 79.8 Å². The van der Waals surface area contributed by atoms with Crippen LogP contribution in [0.4, 0.5) is 0 Å². The van der Waals surface area contributed by atoms with Gasteiger partial charge in [0.15, 0.2) is 0 Å². The predicted octanol–water partition coefficient (Wildman–Crippen LogP) is 1.91. The van der Waals surface area contributed by atoms with Gasteiger partial charge in [-0.1, -0.05) is 65.1 Å². The van der Waals surface area contributed by atoms with Crippen LogP contribution in [-0.4, -0.2) is 31.3 Å². The lowest BCUT2D eigenvalue weighted by molar-refractivity contribution is 0.322. The summed E-state index contributed by atoms with van der Waals surface area (Å²) in [6.07, 6.45) is 0. The third-order valence-corrected chi connectivity index (χ3v) is 3.74. The monoisotopic (exact) mass is 371 g/mol. The minimum atomic E-state index is -4.10. The van der Waals surface area contributed by atoms with Crippen molar-refractivity contribution in [2.45, 2.75) is 9.83 Å². The van der Waals surface area contributed by atoms with E-state index in [9.17, 15) is 8.42 Å². The molecule has 0 radical (unpaired) electrons. The van der Waals surface area contributed by atoms with E-state index in [0.29, 0.717) is 6.54 Å². The van der Waals surface area contributed by atoms with Gasteiger partial charge in [0.25, 0.3) is 0 Å². The largest absolute Gasteiger partial charge is 0.362 e. The highest BCUT2D eigenvalue weighted by Crippen LogP contribution is 2.26. The first-order chi connectivity index (χ1) is 9.75. The molecule has 1 atom stereocenters. The van der Waals surface area contributed by atoms with Gasteiger partial charge in [0.1, 0.15) is 6.61 Å². The Bertz CT molecular complexity index is 617. The molecule has 0 fully saturated rings. The zero-order valence-electron chi connectivity index (χ0n) is 10.6. The van der Waals surface area contributed by atoms with E-state index in [0.717, 1.165) is 5.56 Å². The van der Waals surface area contributed by atoms with Crippen molar-refractivity contribution in [2.24, 2.45) is 4.99 Å². The van der Waals surface area contributed by atoms with Crippen molar-refractivity contribution in [3.63, 3.8) is 0 Å². The van der Waals surface area contributed by atoms with Crippen LogP contribution in [0.25, 0.3) is 0 Å². The smallest absolute Gasteiger partial charge is 0.347 e. The molecule has 6 nitrogen and oxygen atoms in total. The molecule has 1 aliphatic heterocycles. The lowest BCUT2D eigenvalue weighted by Gasteiger charge is -2.14. The first-order valence-corrected chi connectivity index (χ1v) is 8.39. The Morgan fingerprint density at radius 3 is 2.62 bits per heavy atom. The highest BCUT2D eigenvalue weighted by Gasteiger charge is 2.27. The van der Waals surface area contributed by atoms with E-state index in [4.69, 9.17) is 34.8 Å². The molecule has 1 aromatic carbocycles. The number of halogens is 3. The molecule has 0 amide bonds. The van der Waals surface area contributed by atoms with Crippen molar-refractivity contribution < 1.29 is 12.6 Å². The van der Waals surface area contributed by atoms with E-state index < -0.39 is 20.7 Å². The molecule has 1 aromatic rings. The highest BCUT2D eigenvalue weighted by molar-refractivity contribution is 7.85. The molecule has 1 aliphatic rings. The van der Waals surface area contributed by atoms with E-state index in [1.54, 1.807) is 0 Å². The molecule has 116 valence electrons. The first-order valence-electron chi connectivity index (χ1n) is 5.85. The summed E-state index contributed by atoms with van der Waals surface area (Å²) in [6, 6.07) is 9.42. The van der Waals surface area contributed by atoms with Gasteiger partial charge in [-0.05, 0) is 5.56 Å². The van der Waals surface area contributed by atoms with Crippen molar-refractivity contribution in [1.29, 1.82) is 0 Å². The Morgan fingerprint density at radius 1 is 1.33 bits per heavy atom. The lowest BCUT2D eigenvalue weighted by atomic mass is 10.1. The number of guanidine groups is 1. The Labute approximate surface area is 137 Å². The average Bonchev–Trinajstić information content (AvgIpc) is 2.85. The molecule has 2 N–H and O–H groups in total. The summed E-state index contributed by atoms with van der Waals surface area (Å²) in [5.74, 6) is 0.0909. The number of nitrogens with one attached hydrogen (secondary N) is 2. The Balaban J connectivity index is 1.90. The van der Waals surface area contributed by atoms with Crippen LogP contribution in [-0.2, 0) is 14.5 Å². The molecule has 2 rings (SSSR count). The number of aliphatic imine (C=N–C) groups is 1. The maximum Gasteiger partial charge on any atom is 0.362 e. The standard InChI is InChI=1S/C11H12Cl3N3O3S/c12-11(13,14)7-20-21(18,19)17-10-15-6-9(16-10)8-4-2-1-3-5-8/h1-5,9H,6-7H2,(H2,15,16,17). The molecule has 21 heavy (non-hydrogen) atoms. The molecule has 10 heteroatoms. The van der Waals surface area contributed by atoms with Crippen LogP contribution < -0.4 is 10.0 Å². The molecule has 0 aromatic heterocycles. The third-order valence-electron chi connectivity index (χ3n) is 2.54. The van der Waals surface area contributed by atoms with E-state index >= 15 is 0 Å². The van der Waals surface area contributed by atoms with Gasteiger partial charge in [-0.15, -0.1) is 0 Å². The van der Waals surface area contributed by atoms with Crippen LogP contribution in [0.3, 0.4) is 0 Å². The van der Waals surface area contributed by atoms with Crippen molar-refractivity contribution in [1.82, 2.24) is 10.0 Å². The number of hydrogen-bond acceptors (Lipinski definition) is 5. The van der Waals surface area contributed by atoms with E-state index in [-0.39, 0.29) is 12.0 Å². The quantitative estimate of drug-likeness (QED) is 0.791. The van der Waals surface area contributed by atoms with Crippen LogP contribution >= 0.6 is 34.8 Å². The van der Waals surface area contributed by atoms with E-state index in [2.05, 4.69) is 19.2 Å². The SMILES string of the molecule is O=S(=O)(NC1=NCC(c2ccccc2)N1)OCC(Cl)(Cl)Cl. The van der Waals surface area contributed by atoms with Crippen molar-refractivity contribution >= 4 is 51.1 Å². The predicted molar refractivity (Wildman–Crippen MR) is 82.9 cm³/mol. The van der Waals surface area contributed by atoms with Crippen LogP contribution in [0.15, 0.2) is 35.3 Å². The number of nitrogens with zero attached hydrogens (tertiary/aromatic N) is 1. The van der Waals surface area contributed by atoms with Gasteiger partial charge in [0.2, 0.25) is 9.75 Å². The van der Waals surface area contributed by atoms with E-state index in [1.807, 2.05) is 30.3 Å². The number of rotatable bonds is 4. The molecule has 0 aliphatic carbocycles. The molecular weight excluding hydrogens is 361 g/mol. The summed E-state index contributed by atoms with van der Waals surface area (Å²) >= 11 is 16.3. The first kappa shape index (κ1) is 16.6. The van der Waals surface area contributed by atoms with Gasteiger partial charge < -0.3 is 5.32 Å². The second-order valence-corrected chi connectivity index (χ2v) is 8.09. The molecule has 0 bridgehead atoms. The number of hydrogen-bond donors (Lipinski definition) is 2. The summed E-state index contributed by atoms with van der Waals surface area (Å²) in [5.41, 5.74) is 0.998. The van der Waals surface area contributed by atoms with Gasteiger partial charge in [0, 0.05) is 0 Å². The zero-order valence-corrected chi connectivity index (χ0v) is 13.7. The second-order valence-electron chi connectivity index (χ2n) is 4.23. The summed E-state index contributed by atoms with van der Waals surface area (Å²) in [4.78, 5) is 4.06. The molecule has 0 saturated heterocycles. The summed E-state index contributed by atoms with van der Waals surface area (Å²) in [7, 11) is -4.10. The van der Waals surface area contributed by atoms with Gasteiger partial charge >= 0.3 is 10.3 Å². The minimum Gasteiger partial charge on any atom is -0.347 e. The van der Waals surface area contributed by atoms with Gasteiger partial charge in [0.05, 0.1) is 12.6 Å². The fourth-order valence-electron chi connectivity index (χ4n) is 1.67. The van der Waals surface area contributed by atoms with E-state index in [1.165, 1.54) is 0 Å². The normalized spacial score (nSPS) is 19.0. The third kappa shape index (κ3) is 5.52. The maximum absolute atomic E-state index is 11.6. The van der Waals surface area contributed by atoms with Crippen LogP contribution in [0, 0.1) is 0 Å². The second kappa shape index (κ2) is 6.58. The van der Waals surface area contributed by atoms with Crippen molar-refractivity contribution in [3.8, 4) is 0 Å². The van der Waals surface area contributed by atoms with Crippen molar-refractivity contribution in [3.05, 3.63) is 35.9 Å². The van der Waals surface area contributed by atoms with Crippen LogP contribution in [0.5, 0.6) is 0 Å². The lowest BCUT2D eigenvalue weighted by Crippen LogP contribution is -2.40. The Kier molecular flexibility index (Phi) is 5.21. The van der Waals surface area contributed by atoms with Crippen LogP contribution in [0.1, 0.15) is 11.6 Å². The number of benzene rings is 1. The molecule has 0 saturated carbocycles. The molecule has 1 unspecified atom stereocenters. The average molecular weight is 373 g/mol.